The van der Waals surface area contributed by atoms with Crippen LogP contribution in [0.4, 0.5) is 8.78 Å². The van der Waals surface area contributed by atoms with Crippen molar-refractivity contribution in [2.24, 2.45) is 5.73 Å². The molecular formula is C9H13F2N3O3. The van der Waals surface area contributed by atoms with Gasteiger partial charge >= 0.3 is 12.2 Å². The Balaban J connectivity index is 4.05. The van der Waals surface area contributed by atoms with E-state index in [0.717, 1.165) is 0 Å². The molecule has 8 heteroatoms. The number of carbonyl (C=O) groups excluding carboxylic acids is 2. The van der Waals surface area contributed by atoms with Crippen LogP contribution in [0.15, 0.2) is 0 Å². The average Bonchev–Trinajstić information content (AvgIpc) is 2.32. The molecule has 96 valence electrons. The molecule has 0 amide bonds. The van der Waals surface area contributed by atoms with Crippen LogP contribution in [-0.2, 0) is 14.3 Å². The number of rotatable bonds is 8. The number of Topliss-reactive ketones (excluding diaryl/α,β-unsaturated/α-hetero) is 1. The minimum Gasteiger partial charge on any atom is -0.456 e. The van der Waals surface area contributed by atoms with E-state index in [1.807, 2.05) is 0 Å². The molecule has 2 N–H and O–H groups in total. The second-order valence-electron chi connectivity index (χ2n) is 3.22. The summed E-state index contributed by atoms with van der Waals surface area (Å²) < 4.78 is 28.5. The van der Waals surface area contributed by atoms with E-state index in [9.17, 15) is 18.4 Å². The number of ketones is 1. The van der Waals surface area contributed by atoms with Crippen LogP contribution < -0.4 is 5.73 Å². The Kier molecular flexibility index (Phi) is 7.66. The van der Waals surface area contributed by atoms with Gasteiger partial charge in [0.1, 0.15) is 19.4 Å². The highest BCUT2D eigenvalue weighted by atomic mass is 19.1. The zero-order valence-corrected chi connectivity index (χ0v) is 9.01. The Bertz CT molecular complexity index is 315. The first-order chi connectivity index (χ1) is 8.04. The van der Waals surface area contributed by atoms with Gasteiger partial charge in [0, 0.05) is 6.42 Å². The Morgan fingerprint density at radius 3 is 2.47 bits per heavy atom. The molecule has 0 radical (unpaired) electrons. The number of halogens is 2. The van der Waals surface area contributed by atoms with Crippen LogP contribution in [0.3, 0.4) is 0 Å². The molecule has 0 saturated heterocycles. The van der Waals surface area contributed by atoms with E-state index < -0.39 is 37.2 Å². The average molecular weight is 249 g/mol. The van der Waals surface area contributed by atoms with Gasteiger partial charge in [-0.3, -0.25) is 9.59 Å². The van der Waals surface area contributed by atoms with Gasteiger partial charge in [-0.2, -0.15) is 4.79 Å². The third-order valence-electron chi connectivity index (χ3n) is 1.83. The van der Waals surface area contributed by atoms with Crippen molar-refractivity contribution in [1.29, 1.82) is 0 Å². The Morgan fingerprint density at radius 1 is 1.41 bits per heavy atom. The van der Waals surface area contributed by atoms with Crippen molar-refractivity contribution in [3.8, 4) is 0 Å². The molecule has 0 aliphatic carbocycles. The van der Waals surface area contributed by atoms with E-state index in [2.05, 4.69) is 9.53 Å². The van der Waals surface area contributed by atoms with E-state index in [1.165, 1.54) is 0 Å². The summed E-state index contributed by atoms with van der Waals surface area (Å²) in [6.45, 7) is -2.27. The van der Waals surface area contributed by atoms with Crippen molar-refractivity contribution >= 4 is 18.0 Å². The quantitative estimate of drug-likeness (QED) is 0.278. The second-order valence-corrected chi connectivity index (χ2v) is 3.22. The SMILES string of the molecule is [N-]=[N+]=CC(=O)CC[C@H](N)C(=O)OC(CF)CF. The van der Waals surface area contributed by atoms with Gasteiger partial charge in [-0.25, -0.2) is 8.78 Å². The molecule has 0 unspecified atom stereocenters. The highest BCUT2D eigenvalue weighted by Crippen LogP contribution is 2.02. The maximum Gasteiger partial charge on any atom is 0.323 e. The lowest BCUT2D eigenvalue weighted by Gasteiger charge is -2.14. The largest absolute Gasteiger partial charge is 0.456 e. The van der Waals surface area contributed by atoms with Crippen LogP contribution in [0, 0.1) is 0 Å². The number of nitrogens with zero attached hydrogens (tertiary/aromatic N) is 2. The lowest BCUT2D eigenvalue weighted by atomic mass is 10.1. The molecule has 0 saturated carbocycles. The summed E-state index contributed by atoms with van der Waals surface area (Å²) in [5.41, 5.74) is 13.4. The van der Waals surface area contributed by atoms with Gasteiger partial charge in [-0.15, -0.1) is 0 Å². The second kappa shape index (κ2) is 8.49. The summed E-state index contributed by atoms with van der Waals surface area (Å²) in [4.78, 5) is 24.5. The number of ether oxygens (including phenoxy) is 1. The Morgan fingerprint density at radius 2 is 2.00 bits per heavy atom. The van der Waals surface area contributed by atoms with Gasteiger partial charge in [0.05, 0.1) is 0 Å². The Labute approximate surface area is 96.3 Å². The smallest absolute Gasteiger partial charge is 0.323 e. The number of esters is 1. The van der Waals surface area contributed by atoms with Crippen LogP contribution in [0.2, 0.25) is 0 Å². The number of alkyl halides is 2. The van der Waals surface area contributed by atoms with E-state index in [1.54, 1.807) is 0 Å². The molecule has 0 aliphatic heterocycles. The fourth-order valence-electron chi connectivity index (χ4n) is 0.900. The van der Waals surface area contributed by atoms with Crippen molar-refractivity contribution in [3.63, 3.8) is 0 Å². The number of hydrogen-bond acceptors (Lipinski definition) is 4. The van der Waals surface area contributed by atoms with Crippen LogP contribution in [0.5, 0.6) is 0 Å². The van der Waals surface area contributed by atoms with Crippen molar-refractivity contribution in [2.45, 2.75) is 25.0 Å². The number of nitrogens with two attached hydrogens (primary N) is 1. The third kappa shape index (κ3) is 6.49. The molecule has 0 aliphatic rings. The van der Waals surface area contributed by atoms with Gasteiger partial charge < -0.3 is 16.0 Å². The molecule has 0 heterocycles. The molecule has 6 nitrogen and oxygen atoms in total. The molecule has 17 heavy (non-hydrogen) atoms. The summed E-state index contributed by atoms with van der Waals surface area (Å²) >= 11 is 0. The molecule has 0 aromatic carbocycles. The maximum atomic E-state index is 12.0. The molecule has 0 rings (SSSR count). The topological polar surface area (TPSA) is 106 Å². The fourth-order valence-corrected chi connectivity index (χ4v) is 0.900. The molecule has 1 atom stereocenters. The lowest BCUT2D eigenvalue weighted by molar-refractivity contribution is -0.152. The van der Waals surface area contributed by atoms with E-state index in [0.29, 0.717) is 6.21 Å². The standard InChI is InChI=1S/C9H13F2N3O3/c10-3-7(4-11)17-9(16)8(12)2-1-6(15)5-14-13/h5,7-8H,1-4,12H2/t8-/m0/s1. The van der Waals surface area contributed by atoms with Crippen LogP contribution in [0.1, 0.15) is 12.8 Å². The first kappa shape index (κ1) is 15.3. The normalized spacial score (nSPS) is 11.8. The van der Waals surface area contributed by atoms with Gasteiger partial charge in [0.25, 0.3) is 0 Å². The van der Waals surface area contributed by atoms with Gasteiger partial charge in [-0.1, -0.05) is 0 Å². The van der Waals surface area contributed by atoms with E-state index in [4.69, 9.17) is 11.3 Å². The third-order valence-corrected chi connectivity index (χ3v) is 1.83. The number of hydrogen-bond donors (Lipinski definition) is 1. The summed E-state index contributed by atoms with van der Waals surface area (Å²) in [5.74, 6) is -1.50. The molecule has 0 aromatic heterocycles. The molecular weight excluding hydrogens is 236 g/mol. The van der Waals surface area contributed by atoms with Crippen molar-refractivity contribution in [1.82, 2.24) is 0 Å². The summed E-state index contributed by atoms with van der Waals surface area (Å²) in [6.07, 6.45) is -0.974. The van der Waals surface area contributed by atoms with Crippen LogP contribution in [-0.4, -0.2) is 48.3 Å². The molecule has 0 spiro atoms. The molecule has 0 fully saturated rings. The fraction of sp³-hybridized carbons (Fsp3) is 0.667. The minimum absolute atomic E-state index is 0.0605. The Hall–Kier alpha value is -1.66. The van der Waals surface area contributed by atoms with E-state index >= 15 is 0 Å². The first-order valence-electron chi connectivity index (χ1n) is 4.83. The highest BCUT2D eigenvalue weighted by molar-refractivity contribution is 6.25. The summed E-state index contributed by atoms with van der Waals surface area (Å²) in [7, 11) is 0. The maximum absolute atomic E-state index is 12.0. The predicted octanol–water partition coefficient (Wildman–Crippen LogP) is -0.186. The van der Waals surface area contributed by atoms with Gasteiger partial charge in [0.2, 0.25) is 5.78 Å². The molecule has 0 bridgehead atoms. The van der Waals surface area contributed by atoms with Crippen molar-refractivity contribution in [2.75, 3.05) is 13.3 Å². The summed E-state index contributed by atoms with van der Waals surface area (Å²) in [6, 6.07) is -1.15. The monoisotopic (exact) mass is 249 g/mol. The summed E-state index contributed by atoms with van der Waals surface area (Å²) in [5, 5.41) is 0. The van der Waals surface area contributed by atoms with Crippen LogP contribution in [0.25, 0.3) is 5.53 Å². The van der Waals surface area contributed by atoms with Crippen LogP contribution >= 0.6 is 0 Å². The zero-order valence-electron chi connectivity index (χ0n) is 9.01. The zero-order chi connectivity index (χ0) is 13.3. The van der Waals surface area contributed by atoms with Gasteiger partial charge in [-0.05, 0) is 6.42 Å². The molecule has 0 aromatic rings. The predicted molar refractivity (Wildman–Crippen MR) is 53.7 cm³/mol. The number of carbonyl (C=O) groups is 2. The van der Waals surface area contributed by atoms with E-state index in [-0.39, 0.29) is 12.8 Å². The van der Waals surface area contributed by atoms with Gasteiger partial charge in [0.15, 0.2) is 6.10 Å². The van der Waals surface area contributed by atoms with Crippen molar-refractivity contribution in [3.05, 3.63) is 5.53 Å². The lowest BCUT2D eigenvalue weighted by Crippen LogP contribution is -2.36. The first-order valence-corrected chi connectivity index (χ1v) is 4.83. The minimum atomic E-state index is -1.46. The highest BCUT2D eigenvalue weighted by Gasteiger charge is 2.21. The van der Waals surface area contributed by atoms with Crippen molar-refractivity contribution < 1.29 is 27.9 Å².